The van der Waals surface area contributed by atoms with Crippen LogP contribution < -0.4 is 0 Å². The molecule has 0 saturated carbocycles. The van der Waals surface area contributed by atoms with Crippen LogP contribution in [-0.4, -0.2) is 36.0 Å². The maximum Gasteiger partial charge on any atom is -0.0180 e. The summed E-state index contributed by atoms with van der Waals surface area (Å²) in [5.74, 6) is 4.38. The minimum absolute atomic E-state index is 0.415. The molecule has 0 radical (unpaired) electrons. The Morgan fingerprint density at radius 3 is 1.55 bits per heavy atom. The molecule has 2 heteroatoms. The second-order valence-electron chi connectivity index (χ2n) is 9.01. The zero-order valence-electron chi connectivity index (χ0n) is 14.8. The second kappa shape index (κ2) is 7.00. The first kappa shape index (κ1) is 16.3. The summed E-state index contributed by atoms with van der Waals surface area (Å²) in [7, 11) is 0.831. The molecule has 8 atom stereocenters. The summed E-state index contributed by atoms with van der Waals surface area (Å²) in [6.07, 6.45) is 19.3. The molecule has 4 aliphatic rings. The zero-order valence-corrected chi connectivity index (χ0v) is 16.6. The highest BCUT2D eigenvalue weighted by atomic mass is 31.1. The standard InChI is InChI=1S/C20H36P2/c1-15(19-9-7-17-5-3-11-21(19)13-17)16(2)20-10-8-18-6-4-12-22(20)14-18/h15-20H,3-14H2,1-2H3. The molecule has 4 aliphatic heterocycles. The van der Waals surface area contributed by atoms with E-state index in [1.54, 1.807) is 76.0 Å². The van der Waals surface area contributed by atoms with Crippen LogP contribution in [0.5, 0.6) is 0 Å². The fraction of sp³-hybridized carbons (Fsp3) is 1.00. The smallest absolute Gasteiger partial charge is 0.0180 e. The molecule has 0 nitrogen and oxygen atoms in total. The molecule has 0 aromatic rings. The summed E-state index contributed by atoms with van der Waals surface area (Å²) in [5, 5.41) is 0. The molecule has 22 heavy (non-hydrogen) atoms. The van der Waals surface area contributed by atoms with Crippen LogP contribution in [0.15, 0.2) is 0 Å². The molecule has 4 heterocycles. The van der Waals surface area contributed by atoms with Gasteiger partial charge in [-0.2, -0.15) is 0 Å². The summed E-state index contributed by atoms with van der Waals surface area (Å²) in [6, 6.07) is 0. The van der Waals surface area contributed by atoms with Crippen molar-refractivity contribution in [3.05, 3.63) is 0 Å². The van der Waals surface area contributed by atoms with Crippen LogP contribution in [0.3, 0.4) is 0 Å². The van der Waals surface area contributed by atoms with Gasteiger partial charge in [0.1, 0.15) is 0 Å². The minimum atomic E-state index is 0.415. The SMILES string of the molecule is CC(C(C)C1CCC2CCCP1C2)C1CCC2CCCP1C2. The third kappa shape index (κ3) is 3.18. The molecule has 0 spiro atoms. The molecule has 4 rings (SSSR count). The van der Waals surface area contributed by atoms with Crippen molar-refractivity contribution in [2.45, 2.75) is 76.5 Å². The Bertz CT molecular complexity index is 346. The first-order chi connectivity index (χ1) is 10.7. The van der Waals surface area contributed by atoms with E-state index >= 15 is 0 Å². The van der Waals surface area contributed by atoms with Gasteiger partial charge in [0.05, 0.1) is 0 Å². The number of hydrogen-bond acceptors (Lipinski definition) is 0. The second-order valence-corrected chi connectivity index (χ2v) is 14.3. The molecule has 0 aliphatic carbocycles. The van der Waals surface area contributed by atoms with Gasteiger partial charge in [0, 0.05) is 0 Å². The lowest BCUT2D eigenvalue weighted by molar-refractivity contribution is 0.293. The molecule has 126 valence electrons. The molecule has 0 aromatic carbocycles. The topological polar surface area (TPSA) is 0 Å². The minimum Gasteiger partial charge on any atom is -0.103 e. The van der Waals surface area contributed by atoms with Crippen molar-refractivity contribution in [3.8, 4) is 0 Å². The molecule has 4 saturated heterocycles. The van der Waals surface area contributed by atoms with Crippen LogP contribution >= 0.6 is 15.8 Å². The van der Waals surface area contributed by atoms with E-state index in [0.29, 0.717) is 15.8 Å². The van der Waals surface area contributed by atoms with E-state index in [1.165, 1.54) is 0 Å². The van der Waals surface area contributed by atoms with Gasteiger partial charge in [-0.15, -0.1) is 15.8 Å². The summed E-state index contributed by atoms with van der Waals surface area (Å²) in [6.45, 7) is 5.36. The van der Waals surface area contributed by atoms with Gasteiger partial charge in [-0.05, 0) is 111 Å². The highest BCUT2D eigenvalue weighted by Gasteiger charge is 2.42. The molecular weight excluding hydrogens is 302 g/mol. The average Bonchev–Trinajstić information content (AvgIpc) is 2.55. The van der Waals surface area contributed by atoms with Crippen molar-refractivity contribution in [1.82, 2.24) is 0 Å². The van der Waals surface area contributed by atoms with E-state index in [1.807, 2.05) is 0 Å². The molecule has 0 aromatic heterocycles. The lowest BCUT2D eigenvalue weighted by Gasteiger charge is -2.49. The van der Waals surface area contributed by atoms with E-state index < -0.39 is 0 Å². The summed E-state index contributed by atoms with van der Waals surface area (Å²) < 4.78 is 0. The average molecular weight is 338 g/mol. The molecule has 4 bridgehead atoms. The Hall–Kier alpha value is 0.860. The first-order valence-corrected chi connectivity index (χ1v) is 13.8. The first-order valence-electron chi connectivity index (χ1n) is 10.2. The van der Waals surface area contributed by atoms with Gasteiger partial charge in [-0.3, -0.25) is 0 Å². The predicted molar refractivity (Wildman–Crippen MR) is 103 cm³/mol. The van der Waals surface area contributed by atoms with Gasteiger partial charge in [0.15, 0.2) is 0 Å². The van der Waals surface area contributed by atoms with Gasteiger partial charge < -0.3 is 0 Å². The number of hydrogen-bond donors (Lipinski definition) is 0. The summed E-state index contributed by atoms with van der Waals surface area (Å²) in [5.41, 5.74) is 2.30. The van der Waals surface area contributed by atoms with Crippen molar-refractivity contribution in [2.75, 3.05) is 24.6 Å². The summed E-state index contributed by atoms with van der Waals surface area (Å²) >= 11 is 0. The van der Waals surface area contributed by atoms with E-state index in [4.69, 9.17) is 0 Å². The van der Waals surface area contributed by atoms with Crippen LogP contribution in [0.4, 0.5) is 0 Å². The normalized spacial score (nSPS) is 47.7. The molecule has 4 fully saturated rings. The van der Waals surface area contributed by atoms with Crippen molar-refractivity contribution in [2.24, 2.45) is 23.7 Å². The van der Waals surface area contributed by atoms with Crippen LogP contribution in [0.2, 0.25) is 0 Å². The maximum atomic E-state index is 2.68. The molecular formula is C20H36P2. The lowest BCUT2D eigenvalue weighted by atomic mass is 9.83. The van der Waals surface area contributed by atoms with E-state index in [-0.39, 0.29) is 0 Å². The molecule has 8 unspecified atom stereocenters. The van der Waals surface area contributed by atoms with Crippen LogP contribution in [-0.2, 0) is 0 Å². The fourth-order valence-electron chi connectivity index (χ4n) is 6.34. The van der Waals surface area contributed by atoms with Gasteiger partial charge >= 0.3 is 0 Å². The summed E-state index contributed by atoms with van der Waals surface area (Å²) in [4.78, 5) is 0. The van der Waals surface area contributed by atoms with Crippen LogP contribution in [0, 0.1) is 23.7 Å². The number of rotatable bonds is 3. The Morgan fingerprint density at radius 2 is 1.09 bits per heavy atom. The van der Waals surface area contributed by atoms with Gasteiger partial charge in [0.25, 0.3) is 0 Å². The monoisotopic (exact) mass is 338 g/mol. The van der Waals surface area contributed by atoms with Crippen molar-refractivity contribution in [3.63, 3.8) is 0 Å². The highest BCUT2D eigenvalue weighted by Crippen LogP contribution is 2.62. The van der Waals surface area contributed by atoms with Gasteiger partial charge in [-0.25, -0.2) is 0 Å². The quantitative estimate of drug-likeness (QED) is 0.525. The van der Waals surface area contributed by atoms with Crippen molar-refractivity contribution in [1.29, 1.82) is 0 Å². The largest absolute Gasteiger partial charge is 0.103 e. The molecule has 0 N–H and O–H groups in total. The van der Waals surface area contributed by atoms with Gasteiger partial charge in [0.2, 0.25) is 0 Å². The van der Waals surface area contributed by atoms with Gasteiger partial charge in [-0.1, -0.05) is 13.8 Å². The fourth-order valence-corrected chi connectivity index (χ4v) is 14.0. The molecule has 0 amide bonds. The number of fused-ring (bicyclic) bond motifs is 4. The lowest BCUT2D eigenvalue weighted by Crippen LogP contribution is -2.38. The maximum absolute atomic E-state index is 2.68. The van der Waals surface area contributed by atoms with Crippen LogP contribution in [0.1, 0.15) is 65.2 Å². The Balaban J connectivity index is 1.41. The third-order valence-corrected chi connectivity index (χ3v) is 14.9. The van der Waals surface area contributed by atoms with E-state index in [9.17, 15) is 0 Å². The highest BCUT2D eigenvalue weighted by molar-refractivity contribution is 7.59. The van der Waals surface area contributed by atoms with Crippen molar-refractivity contribution >= 4 is 15.8 Å². The Kier molecular flexibility index (Phi) is 5.20. The predicted octanol–water partition coefficient (Wildman–Crippen LogP) is 6.37. The van der Waals surface area contributed by atoms with Crippen molar-refractivity contribution < 1.29 is 0 Å². The Labute approximate surface area is 141 Å². The third-order valence-electron chi connectivity index (χ3n) is 7.82. The van der Waals surface area contributed by atoms with E-state index in [0.717, 1.165) is 35.0 Å². The van der Waals surface area contributed by atoms with E-state index in [2.05, 4.69) is 13.8 Å². The Morgan fingerprint density at radius 1 is 0.636 bits per heavy atom. The zero-order chi connectivity index (χ0) is 15.1. The van der Waals surface area contributed by atoms with Crippen LogP contribution in [0.25, 0.3) is 0 Å².